The average molecular weight is 233 g/mol. The van der Waals surface area contributed by atoms with Crippen LogP contribution >= 0.6 is 0 Å². The highest BCUT2D eigenvalue weighted by atomic mass is 15.2. The van der Waals surface area contributed by atoms with E-state index in [9.17, 15) is 0 Å². The maximum absolute atomic E-state index is 4.87. The van der Waals surface area contributed by atoms with Gasteiger partial charge in [0.05, 0.1) is 5.69 Å². The van der Waals surface area contributed by atoms with Crippen molar-refractivity contribution in [2.75, 3.05) is 6.54 Å². The Bertz CT molecular complexity index is 431. The van der Waals surface area contributed by atoms with Crippen LogP contribution < -0.4 is 5.32 Å². The van der Waals surface area contributed by atoms with E-state index in [1.165, 1.54) is 30.1 Å². The van der Waals surface area contributed by atoms with Crippen LogP contribution in [0, 0.1) is 5.41 Å². The van der Waals surface area contributed by atoms with Gasteiger partial charge in [0.2, 0.25) is 0 Å². The lowest BCUT2D eigenvalue weighted by molar-refractivity contribution is 0.503. The largest absolute Gasteiger partial charge is 0.328 e. The van der Waals surface area contributed by atoms with Crippen LogP contribution in [0.2, 0.25) is 0 Å². The van der Waals surface area contributed by atoms with Gasteiger partial charge in [0.15, 0.2) is 0 Å². The average Bonchev–Trinajstić information content (AvgIpc) is 2.77. The molecule has 3 rings (SSSR count). The number of aryl methyl sites for hydroxylation is 1. The summed E-state index contributed by atoms with van der Waals surface area (Å²) < 4.78 is 2.58. The highest BCUT2D eigenvalue weighted by Gasteiger charge is 2.49. The fourth-order valence-corrected chi connectivity index (χ4v) is 3.04. The highest BCUT2D eigenvalue weighted by Crippen LogP contribution is 2.56. The van der Waals surface area contributed by atoms with Crippen LogP contribution in [0.25, 0.3) is 0 Å². The Morgan fingerprint density at radius 2 is 2.24 bits per heavy atom. The first-order chi connectivity index (χ1) is 8.13. The number of hydrogen-bond donors (Lipinski definition) is 1. The fourth-order valence-electron chi connectivity index (χ4n) is 3.04. The van der Waals surface area contributed by atoms with Crippen LogP contribution in [0.5, 0.6) is 0 Å². The normalized spacial score (nSPS) is 25.7. The first-order valence-corrected chi connectivity index (χ1v) is 6.93. The lowest BCUT2D eigenvalue weighted by Crippen LogP contribution is -2.25. The zero-order valence-electron chi connectivity index (χ0n) is 11.2. The number of nitrogens with one attached hydrogen (secondary N) is 1. The summed E-state index contributed by atoms with van der Waals surface area (Å²) in [5.41, 5.74) is 3.31. The molecule has 17 heavy (non-hydrogen) atoms. The molecule has 3 heteroatoms. The van der Waals surface area contributed by atoms with Gasteiger partial charge in [0.25, 0.3) is 0 Å². The van der Waals surface area contributed by atoms with Gasteiger partial charge in [0, 0.05) is 37.7 Å². The maximum atomic E-state index is 4.87. The molecule has 1 aliphatic carbocycles. The van der Waals surface area contributed by atoms with E-state index in [2.05, 4.69) is 30.7 Å². The number of imidazole rings is 1. The summed E-state index contributed by atoms with van der Waals surface area (Å²) >= 11 is 0. The lowest BCUT2D eigenvalue weighted by atomic mass is 10.1. The van der Waals surface area contributed by atoms with Gasteiger partial charge in [0.1, 0.15) is 5.82 Å². The molecule has 0 bridgehead atoms. The van der Waals surface area contributed by atoms with Gasteiger partial charge in [-0.2, -0.15) is 0 Å². The molecule has 3 nitrogen and oxygen atoms in total. The molecule has 1 aliphatic heterocycles. The zero-order valence-corrected chi connectivity index (χ0v) is 11.2. The minimum absolute atomic E-state index is 0.488. The fraction of sp³-hybridized carbons (Fsp3) is 0.786. The summed E-state index contributed by atoms with van der Waals surface area (Å²) in [6, 6.07) is 0.707. The molecule has 1 atom stereocenters. The van der Waals surface area contributed by atoms with Crippen molar-refractivity contribution >= 4 is 0 Å². The van der Waals surface area contributed by atoms with Crippen molar-refractivity contribution in [1.29, 1.82) is 0 Å². The van der Waals surface area contributed by atoms with E-state index in [1.807, 2.05) is 0 Å². The summed E-state index contributed by atoms with van der Waals surface area (Å²) in [5.74, 6) is 1.33. The first kappa shape index (κ1) is 11.3. The lowest BCUT2D eigenvalue weighted by Gasteiger charge is -2.17. The predicted octanol–water partition coefficient (Wildman–Crippen LogP) is 2.45. The van der Waals surface area contributed by atoms with Gasteiger partial charge in [-0.15, -0.1) is 0 Å². The Morgan fingerprint density at radius 3 is 2.88 bits per heavy atom. The van der Waals surface area contributed by atoms with Crippen molar-refractivity contribution < 1.29 is 0 Å². The van der Waals surface area contributed by atoms with E-state index in [-0.39, 0.29) is 0 Å². The Balaban J connectivity index is 2.01. The molecule has 1 fully saturated rings. The second kappa shape index (κ2) is 3.84. The van der Waals surface area contributed by atoms with Crippen molar-refractivity contribution in [3.05, 3.63) is 17.2 Å². The molecule has 1 unspecified atom stereocenters. The predicted molar refractivity (Wildman–Crippen MR) is 69.1 cm³/mol. The number of hydrogen-bond acceptors (Lipinski definition) is 2. The van der Waals surface area contributed by atoms with E-state index in [1.54, 1.807) is 0 Å². The monoisotopic (exact) mass is 233 g/mol. The van der Waals surface area contributed by atoms with Crippen molar-refractivity contribution in [3.8, 4) is 0 Å². The van der Waals surface area contributed by atoms with Crippen molar-refractivity contribution in [1.82, 2.24) is 14.9 Å². The van der Waals surface area contributed by atoms with Gasteiger partial charge in [-0.25, -0.2) is 4.98 Å². The molecule has 1 aromatic rings. The second-order valence-electron chi connectivity index (χ2n) is 6.18. The molecule has 2 aliphatic rings. The minimum atomic E-state index is 0.488. The smallest absolute Gasteiger partial charge is 0.109 e. The van der Waals surface area contributed by atoms with Gasteiger partial charge >= 0.3 is 0 Å². The van der Waals surface area contributed by atoms with E-state index >= 15 is 0 Å². The molecule has 0 saturated heterocycles. The molecule has 0 aromatic carbocycles. The third-order valence-corrected chi connectivity index (χ3v) is 4.24. The minimum Gasteiger partial charge on any atom is -0.328 e. The van der Waals surface area contributed by atoms with E-state index in [0.29, 0.717) is 11.5 Å². The SMILES string of the molecule is CCCc1nc2c(n1C1CC1(C)C)CCNC2. The molecule has 94 valence electrons. The maximum Gasteiger partial charge on any atom is 0.109 e. The Hall–Kier alpha value is -0.830. The van der Waals surface area contributed by atoms with Crippen LogP contribution in [-0.4, -0.2) is 16.1 Å². The summed E-state index contributed by atoms with van der Waals surface area (Å²) in [5, 5.41) is 3.43. The number of rotatable bonds is 3. The van der Waals surface area contributed by atoms with Crippen molar-refractivity contribution in [2.24, 2.45) is 5.41 Å². The van der Waals surface area contributed by atoms with Gasteiger partial charge in [-0.3, -0.25) is 0 Å². The number of fused-ring (bicyclic) bond motifs is 1. The topological polar surface area (TPSA) is 29.9 Å². The third-order valence-electron chi connectivity index (χ3n) is 4.24. The molecular formula is C14H23N3. The second-order valence-corrected chi connectivity index (χ2v) is 6.18. The summed E-state index contributed by atoms with van der Waals surface area (Å²) in [6.45, 7) is 9.07. The van der Waals surface area contributed by atoms with E-state index in [4.69, 9.17) is 4.98 Å². The zero-order chi connectivity index (χ0) is 12.0. The van der Waals surface area contributed by atoms with Crippen molar-refractivity contribution in [3.63, 3.8) is 0 Å². The molecule has 1 aromatic heterocycles. The standard InChI is InChI=1S/C14H23N3/c1-4-5-13-16-10-9-15-7-6-11(10)17(13)12-8-14(12,2)3/h12,15H,4-9H2,1-3H3. The molecule has 0 spiro atoms. The molecule has 0 radical (unpaired) electrons. The quantitative estimate of drug-likeness (QED) is 0.869. The van der Waals surface area contributed by atoms with Gasteiger partial charge in [-0.1, -0.05) is 20.8 Å². The Morgan fingerprint density at radius 1 is 1.47 bits per heavy atom. The molecule has 1 saturated carbocycles. The Labute approximate surface area is 104 Å². The number of nitrogens with zero attached hydrogens (tertiary/aromatic N) is 2. The molecule has 0 amide bonds. The van der Waals surface area contributed by atoms with Gasteiger partial charge in [-0.05, 0) is 18.3 Å². The Kier molecular flexibility index (Phi) is 2.54. The van der Waals surface area contributed by atoms with Crippen LogP contribution in [0.3, 0.4) is 0 Å². The van der Waals surface area contributed by atoms with Crippen LogP contribution in [0.1, 0.15) is 56.9 Å². The molecule has 2 heterocycles. The van der Waals surface area contributed by atoms with Gasteiger partial charge < -0.3 is 9.88 Å². The highest BCUT2D eigenvalue weighted by molar-refractivity contribution is 5.24. The summed E-state index contributed by atoms with van der Waals surface area (Å²) in [7, 11) is 0. The molecule has 1 N–H and O–H groups in total. The van der Waals surface area contributed by atoms with E-state index < -0.39 is 0 Å². The van der Waals surface area contributed by atoms with Crippen LogP contribution in [0.15, 0.2) is 0 Å². The van der Waals surface area contributed by atoms with Crippen LogP contribution in [0.4, 0.5) is 0 Å². The van der Waals surface area contributed by atoms with E-state index in [0.717, 1.165) is 25.9 Å². The first-order valence-electron chi connectivity index (χ1n) is 6.93. The van der Waals surface area contributed by atoms with Crippen molar-refractivity contribution in [2.45, 2.75) is 59.0 Å². The third kappa shape index (κ3) is 1.81. The summed E-state index contributed by atoms with van der Waals surface area (Å²) in [4.78, 5) is 4.87. The van der Waals surface area contributed by atoms with Crippen LogP contribution in [-0.2, 0) is 19.4 Å². The molecular weight excluding hydrogens is 210 g/mol. The summed E-state index contributed by atoms with van der Waals surface area (Å²) in [6.07, 6.45) is 4.79. The number of aromatic nitrogens is 2.